The highest BCUT2D eigenvalue weighted by molar-refractivity contribution is 5.82. The Morgan fingerprint density at radius 2 is 2.08 bits per heavy atom. The third kappa shape index (κ3) is 3.95. The van der Waals surface area contributed by atoms with Crippen LogP contribution in [0.3, 0.4) is 0 Å². The molecule has 1 aromatic heterocycles. The molecule has 0 amide bonds. The molecule has 0 saturated carbocycles. The zero-order chi connectivity index (χ0) is 18.0. The van der Waals surface area contributed by atoms with E-state index in [0.29, 0.717) is 11.3 Å². The summed E-state index contributed by atoms with van der Waals surface area (Å²) in [7, 11) is 4.10. The molecule has 0 spiro atoms. The van der Waals surface area contributed by atoms with Gasteiger partial charge < -0.3 is 15.1 Å². The summed E-state index contributed by atoms with van der Waals surface area (Å²) in [5.74, 6) is 1.37. The molecular formula is C19H29N5O. The molecule has 2 aromatic rings. The van der Waals surface area contributed by atoms with Crippen LogP contribution in [0.2, 0.25) is 0 Å². The molecule has 1 aliphatic heterocycles. The molecular weight excluding hydrogens is 314 g/mol. The Balaban J connectivity index is 1.94. The average Bonchev–Trinajstić information content (AvgIpc) is 2.55. The van der Waals surface area contributed by atoms with Crippen LogP contribution in [0.1, 0.15) is 20.3 Å². The zero-order valence-electron chi connectivity index (χ0n) is 15.7. The molecule has 0 fully saturated rings. The number of hydrogen-bond acceptors (Lipinski definition) is 5. The Morgan fingerprint density at radius 3 is 2.80 bits per heavy atom. The zero-order valence-corrected chi connectivity index (χ0v) is 15.7. The molecule has 6 heteroatoms. The predicted molar refractivity (Wildman–Crippen MR) is 105 cm³/mol. The van der Waals surface area contributed by atoms with Crippen LogP contribution in [0.15, 0.2) is 23.0 Å². The second kappa shape index (κ2) is 7.44. The minimum atomic E-state index is 0.0738. The molecule has 25 heavy (non-hydrogen) atoms. The van der Waals surface area contributed by atoms with Crippen LogP contribution < -0.4 is 15.8 Å². The fraction of sp³-hybridized carbons (Fsp3) is 0.579. The molecule has 0 atom stereocenters. The smallest absolute Gasteiger partial charge is 0.262 e. The van der Waals surface area contributed by atoms with Crippen molar-refractivity contribution in [2.24, 2.45) is 5.92 Å². The van der Waals surface area contributed by atoms with E-state index in [-0.39, 0.29) is 5.56 Å². The summed E-state index contributed by atoms with van der Waals surface area (Å²) in [5, 5.41) is 4.08. The molecule has 3 rings (SSSR count). The summed E-state index contributed by atoms with van der Waals surface area (Å²) >= 11 is 0. The van der Waals surface area contributed by atoms with Crippen molar-refractivity contribution in [1.82, 2.24) is 14.5 Å². The molecule has 1 N–H and O–H groups in total. The average molecular weight is 343 g/mol. The Morgan fingerprint density at radius 1 is 1.28 bits per heavy atom. The maximum absolute atomic E-state index is 13.0. The Kier molecular flexibility index (Phi) is 5.27. The molecule has 0 saturated heterocycles. The van der Waals surface area contributed by atoms with Gasteiger partial charge in [0.15, 0.2) is 0 Å². The Hall–Kier alpha value is -2.08. The van der Waals surface area contributed by atoms with E-state index < -0.39 is 0 Å². The van der Waals surface area contributed by atoms with Crippen molar-refractivity contribution in [2.75, 3.05) is 50.5 Å². The fourth-order valence-corrected chi connectivity index (χ4v) is 3.32. The third-order valence-corrected chi connectivity index (χ3v) is 4.50. The van der Waals surface area contributed by atoms with Gasteiger partial charge in [-0.1, -0.05) is 13.8 Å². The van der Waals surface area contributed by atoms with Crippen LogP contribution in [0.5, 0.6) is 0 Å². The first-order chi connectivity index (χ1) is 12.0. The number of aromatic nitrogens is 2. The van der Waals surface area contributed by atoms with E-state index in [9.17, 15) is 4.79 Å². The number of benzene rings is 1. The van der Waals surface area contributed by atoms with Crippen LogP contribution in [0, 0.1) is 5.92 Å². The van der Waals surface area contributed by atoms with Gasteiger partial charge in [0.1, 0.15) is 0 Å². The Bertz CT molecular complexity index is 796. The summed E-state index contributed by atoms with van der Waals surface area (Å²) < 4.78 is 1.85. The van der Waals surface area contributed by atoms with Crippen molar-refractivity contribution in [1.29, 1.82) is 0 Å². The van der Waals surface area contributed by atoms with Crippen molar-refractivity contribution in [3.8, 4) is 0 Å². The lowest BCUT2D eigenvalue weighted by Crippen LogP contribution is -2.40. The van der Waals surface area contributed by atoms with Crippen molar-refractivity contribution in [2.45, 2.75) is 26.8 Å². The van der Waals surface area contributed by atoms with Gasteiger partial charge in [0.2, 0.25) is 5.95 Å². The van der Waals surface area contributed by atoms with Crippen molar-refractivity contribution in [3.05, 3.63) is 28.6 Å². The first-order valence-corrected chi connectivity index (χ1v) is 9.14. The van der Waals surface area contributed by atoms with Gasteiger partial charge in [0.05, 0.1) is 10.9 Å². The van der Waals surface area contributed by atoms with Gasteiger partial charge in [0, 0.05) is 38.4 Å². The van der Waals surface area contributed by atoms with Crippen molar-refractivity contribution in [3.63, 3.8) is 0 Å². The minimum Gasteiger partial charge on any atom is -0.384 e. The molecule has 0 unspecified atom stereocenters. The highest BCUT2D eigenvalue weighted by Crippen LogP contribution is 2.22. The molecule has 2 heterocycles. The van der Waals surface area contributed by atoms with Gasteiger partial charge in [-0.3, -0.25) is 9.36 Å². The first-order valence-electron chi connectivity index (χ1n) is 9.14. The van der Waals surface area contributed by atoms with Gasteiger partial charge >= 0.3 is 0 Å². The topological polar surface area (TPSA) is 53.4 Å². The lowest BCUT2D eigenvalue weighted by molar-refractivity contribution is 0.425. The van der Waals surface area contributed by atoms with Gasteiger partial charge in [-0.25, -0.2) is 4.98 Å². The van der Waals surface area contributed by atoms with Crippen molar-refractivity contribution >= 4 is 22.5 Å². The molecule has 1 aliphatic rings. The van der Waals surface area contributed by atoms with E-state index in [4.69, 9.17) is 4.98 Å². The third-order valence-electron chi connectivity index (χ3n) is 4.50. The van der Waals surface area contributed by atoms with E-state index in [1.54, 1.807) is 0 Å². The van der Waals surface area contributed by atoms with Gasteiger partial charge in [-0.15, -0.1) is 0 Å². The summed E-state index contributed by atoms with van der Waals surface area (Å²) in [5.41, 5.74) is 1.83. The minimum absolute atomic E-state index is 0.0738. The highest BCUT2D eigenvalue weighted by atomic mass is 16.1. The predicted octanol–water partition coefficient (Wildman–Crippen LogP) is 2.24. The van der Waals surface area contributed by atoms with Crippen molar-refractivity contribution < 1.29 is 0 Å². The van der Waals surface area contributed by atoms with Gasteiger partial charge in [-0.05, 0) is 44.6 Å². The summed E-state index contributed by atoms with van der Waals surface area (Å²) in [4.78, 5) is 22.2. The lowest BCUT2D eigenvalue weighted by Gasteiger charge is -2.32. The maximum Gasteiger partial charge on any atom is 0.262 e. The standard InChI is InChI=1S/C19H29N5O/c1-14(2)13-23-9-5-10-24-18(25)16-12-15(20-8-11-22(3)4)6-7-17(16)21-19(23)24/h6-7,12,14,20H,5,8-11,13H2,1-4H3. The number of hydrogen-bond donors (Lipinski definition) is 1. The van der Waals surface area contributed by atoms with Crippen LogP contribution in [0.25, 0.3) is 10.9 Å². The van der Waals surface area contributed by atoms with E-state index >= 15 is 0 Å². The van der Waals surface area contributed by atoms with E-state index in [1.807, 2.05) is 36.9 Å². The quantitative estimate of drug-likeness (QED) is 0.872. The monoisotopic (exact) mass is 343 g/mol. The van der Waals surface area contributed by atoms with E-state index in [0.717, 1.165) is 56.3 Å². The number of fused-ring (bicyclic) bond motifs is 2. The second-order valence-corrected chi connectivity index (χ2v) is 7.52. The van der Waals surface area contributed by atoms with Crippen LogP contribution in [0.4, 0.5) is 11.6 Å². The number of nitrogens with one attached hydrogen (secondary N) is 1. The highest BCUT2D eigenvalue weighted by Gasteiger charge is 2.21. The number of rotatable bonds is 6. The van der Waals surface area contributed by atoms with Crippen LogP contribution in [-0.2, 0) is 6.54 Å². The summed E-state index contributed by atoms with van der Waals surface area (Å²) in [6.45, 7) is 8.85. The molecule has 0 aliphatic carbocycles. The van der Waals surface area contributed by atoms with Gasteiger partial charge in [0.25, 0.3) is 5.56 Å². The fourth-order valence-electron chi connectivity index (χ4n) is 3.32. The first kappa shape index (κ1) is 17.7. The van der Waals surface area contributed by atoms with E-state index in [2.05, 4.69) is 29.0 Å². The van der Waals surface area contributed by atoms with Gasteiger partial charge in [-0.2, -0.15) is 0 Å². The maximum atomic E-state index is 13.0. The molecule has 1 aromatic carbocycles. The van der Waals surface area contributed by atoms with Crippen LogP contribution >= 0.6 is 0 Å². The Labute approximate surface area is 149 Å². The molecule has 136 valence electrons. The summed E-state index contributed by atoms with van der Waals surface area (Å²) in [6, 6.07) is 5.91. The largest absolute Gasteiger partial charge is 0.384 e. The number of likely N-dealkylation sites (N-methyl/N-ethyl adjacent to an activating group) is 1. The number of anilines is 2. The summed E-state index contributed by atoms with van der Waals surface area (Å²) in [6.07, 6.45) is 0.994. The molecule has 0 radical (unpaired) electrons. The lowest BCUT2D eigenvalue weighted by atomic mass is 10.1. The second-order valence-electron chi connectivity index (χ2n) is 7.52. The molecule has 6 nitrogen and oxygen atoms in total. The normalized spacial score (nSPS) is 14.4. The van der Waals surface area contributed by atoms with E-state index in [1.165, 1.54) is 0 Å². The number of nitrogens with zero attached hydrogens (tertiary/aromatic N) is 4. The molecule has 0 bridgehead atoms. The SMILES string of the molecule is CC(C)CN1CCCn2c1nc1ccc(NCCN(C)C)cc1c2=O. The van der Waals surface area contributed by atoms with Crippen LogP contribution in [-0.4, -0.2) is 54.7 Å².